The molecule has 160 valence electrons. The van der Waals surface area contributed by atoms with Crippen molar-refractivity contribution >= 4 is 29.4 Å². The number of aliphatic imine (C=N–C) groups is 1. The lowest BCUT2D eigenvalue weighted by molar-refractivity contribution is -0.127. The summed E-state index contributed by atoms with van der Waals surface area (Å²) in [6.45, 7) is 0.228. The number of ether oxygens (including phenoxy) is 1. The van der Waals surface area contributed by atoms with Crippen LogP contribution in [0.2, 0.25) is 0 Å². The second-order valence-corrected chi connectivity index (χ2v) is 6.21. The summed E-state index contributed by atoms with van der Waals surface area (Å²) in [5.41, 5.74) is 11.4. The van der Waals surface area contributed by atoms with Crippen molar-refractivity contribution in [2.45, 2.75) is 38.0 Å². The Labute approximate surface area is 168 Å². The smallest absolute Gasteiger partial charge is 0.249 e. The summed E-state index contributed by atoms with van der Waals surface area (Å²) >= 11 is 0. The Bertz CT molecular complexity index is 716. The molecule has 0 aromatic heterocycles. The molecule has 1 atom stereocenters. The molecule has 1 aromatic carbocycles. The molecule has 0 saturated carbocycles. The number of aliphatic hydroxyl groups is 2. The average Bonchev–Trinajstić information content (AvgIpc) is 2.65. The maximum Gasteiger partial charge on any atom is 0.249 e. The van der Waals surface area contributed by atoms with E-state index in [2.05, 4.69) is 15.6 Å². The molecule has 0 aliphatic carbocycles. The van der Waals surface area contributed by atoms with Crippen LogP contribution >= 0.6 is 0 Å². The van der Waals surface area contributed by atoms with E-state index in [0.717, 1.165) is 5.56 Å². The SMILES string of the molecule is COCCC(=O)NC(Cc1ccc(NC(=O)CCC(=O)N=C(N)N)cc1)C(O)O. The Morgan fingerprint density at radius 1 is 1.07 bits per heavy atom. The molecule has 1 rings (SSSR count). The normalized spacial score (nSPS) is 11.6. The lowest BCUT2D eigenvalue weighted by Gasteiger charge is -2.20. The monoisotopic (exact) mass is 409 g/mol. The van der Waals surface area contributed by atoms with E-state index in [-0.39, 0.29) is 50.1 Å². The fraction of sp³-hybridized carbons (Fsp3) is 0.444. The third-order valence-corrected chi connectivity index (χ3v) is 3.75. The average molecular weight is 409 g/mol. The van der Waals surface area contributed by atoms with Crippen molar-refractivity contribution in [1.29, 1.82) is 0 Å². The van der Waals surface area contributed by atoms with Gasteiger partial charge in [0.05, 0.1) is 12.6 Å². The van der Waals surface area contributed by atoms with E-state index >= 15 is 0 Å². The van der Waals surface area contributed by atoms with Gasteiger partial charge in [0, 0.05) is 32.1 Å². The second kappa shape index (κ2) is 12.4. The van der Waals surface area contributed by atoms with Crippen molar-refractivity contribution in [2.24, 2.45) is 16.5 Å². The molecule has 8 N–H and O–H groups in total. The van der Waals surface area contributed by atoms with Crippen LogP contribution in [0.5, 0.6) is 0 Å². The summed E-state index contributed by atoms with van der Waals surface area (Å²) in [6, 6.07) is 5.71. The Morgan fingerprint density at radius 3 is 2.28 bits per heavy atom. The minimum absolute atomic E-state index is 0.0797. The molecule has 0 radical (unpaired) electrons. The number of aliphatic hydroxyl groups excluding tert-OH is 1. The van der Waals surface area contributed by atoms with Crippen LogP contribution < -0.4 is 22.1 Å². The molecule has 0 saturated heterocycles. The van der Waals surface area contributed by atoms with E-state index in [4.69, 9.17) is 16.2 Å². The van der Waals surface area contributed by atoms with Gasteiger partial charge >= 0.3 is 0 Å². The Morgan fingerprint density at radius 2 is 1.72 bits per heavy atom. The second-order valence-electron chi connectivity index (χ2n) is 6.21. The summed E-state index contributed by atoms with van der Waals surface area (Å²) in [5.74, 6) is -1.68. The first-order valence-electron chi connectivity index (χ1n) is 8.87. The van der Waals surface area contributed by atoms with Gasteiger partial charge in [0.15, 0.2) is 12.2 Å². The third-order valence-electron chi connectivity index (χ3n) is 3.75. The summed E-state index contributed by atoms with van der Waals surface area (Å²) < 4.78 is 4.81. The van der Waals surface area contributed by atoms with Gasteiger partial charge in [-0.15, -0.1) is 0 Å². The quantitative estimate of drug-likeness (QED) is 0.146. The number of hydrogen-bond donors (Lipinski definition) is 6. The number of hydrogen-bond acceptors (Lipinski definition) is 6. The number of carbonyl (C=O) groups is 3. The lowest BCUT2D eigenvalue weighted by Crippen LogP contribution is -2.45. The van der Waals surface area contributed by atoms with E-state index < -0.39 is 18.2 Å². The number of carbonyl (C=O) groups excluding carboxylic acids is 3. The lowest BCUT2D eigenvalue weighted by atomic mass is 10.0. The minimum Gasteiger partial charge on any atom is -0.384 e. The molecule has 0 heterocycles. The van der Waals surface area contributed by atoms with E-state index in [9.17, 15) is 24.6 Å². The summed E-state index contributed by atoms with van der Waals surface area (Å²) in [6.07, 6.45) is -1.65. The predicted octanol–water partition coefficient (Wildman–Crippen LogP) is -1.42. The molecule has 29 heavy (non-hydrogen) atoms. The first-order valence-corrected chi connectivity index (χ1v) is 8.87. The first-order chi connectivity index (χ1) is 13.7. The van der Waals surface area contributed by atoms with Gasteiger partial charge in [0.2, 0.25) is 17.7 Å². The Kier molecular flexibility index (Phi) is 10.3. The minimum atomic E-state index is -1.73. The van der Waals surface area contributed by atoms with Gasteiger partial charge in [-0.2, -0.15) is 4.99 Å². The van der Waals surface area contributed by atoms with Gasteiger partial charge in [-0.3, -0.25) is 14.4 Å². The number of rotatable bonds is 11. The van der Waals surface area contributed by atoms with Crippen LogP contribution in [0.3, 0.4) is 0 Å². The molecule has 1 unspecified atom stereocenters. The van der Waals surface area contributed by atoms with Gasteiger partial charge in [-0.1, -0.05) is 12.1 Å². The van der Waals surface area contributed by atoms with Gasteiger partial charge in [-0.05, 0) is 24.1 Å². The molecular weight excluding hydrogens is 382 g/mol. The van der Waals surface area contributed by atoms with Crippen LogP contribution in [0.1, 0.15) is 24.8 Å². The van der Waals surface area contributed by atoms with Gasteiger partial charge in [0.1, 0.15) is 0 Å². The topological polar surface area (TPSA) is 189 Å². The highest BCUT2D eigenvalue weighted by Crippen LogP contribution is 2.13. The molecule has 11 nitrogen and oxygen atoms in total. The number of nitrogens with two attached hydrogens (primary N) is 2. The number of methoxy groups -OCH3 is 1. The van der Waals surface area contributed by atoms with E-state index in [1.54, 1.807) is 24.3 Å². The standard InChI is InChI=1S/C18H27N5O6/c1-29-9-8-16(26)22-13(17(27)28)10-11-2-4-12(5-3-11)21-14(24)6-7-15(25)23-18(19)20/h2-5,13,17,27-28H,6-10H2,1H3,(H,21,24)(H,22,26)(H4,19,20,23,25). The van der Waals surface area contributed by atoms with Gasteiger partial charge < -0.3 is 37.1 Å². The Balaban J connectivity index is 2.56. The van der Waals surface area contributed by atoms with Crippen LogP contribution in [0.25, 0.3) is 0 Å². The van der Waals surface area contributed by atoms with Gasteiger partial charge in [-0.25, -0.2) is 0 Å². The van der Waals surface area contributed by atoms with Gasteiger partial charge in [0.25, 0.3) is 0 Å². The molecule has 3 amide bonds. The van der Waals surface area contributed by atoms with E-state index in [1.807, 2.05) is 0 Å². The summed E-state index contributed by atoms with van der Waals surface area (Å²) in [4.78, 5) is 38.3. The van der Waals surface area contributed by atoms with Crippen LogP contribution in [-0.2, 0) is 25.5 Å². The molecule has 11 heteroatoms. The fourth-order valence-electron chi connectivity index (χ4n) is 2.33. The highest BCUT2D eigenvalue weighted by Gasteiger charge is 2.19. The van der Waals surface area contributed by atoms with Crippen molar-refractivity contribution in [1.82, 2.24) is 5.32 Å². The zero-order valence-electron chi connectivity index (χ0n) is 16.1. The molecule has 1 aromatic rings. The van der Waals surface area contributed by atoms with Crippen LogP contribution in [0, 0.1) is 0 Å². The number of amides is 3. The molecule has 0 aliphatic rings. The van der Waals surface area contributed by atoms with Crippen LogP contribution in [-0.4, -0.2) is 59.9 Å². The van der Waals surface area contributed by atoms with E-state index in [1.165, 1.54) is 7.11 Å². The van der Waals surface area contributed by atoms with E-state index in [0.29, 0.717) is 5.69 Å². The number of nitrogens with one attached hydrogen (secondary N) is 2. The predicted molar refractivity (Wildman–Crippen MR) is 105 cm³/mol. The number of anilines is 1. The highest BCUT2D eigenvalue weighted by molar-refractivity contribution is 5.96. The summed E-state index contributed by atoms with van der Waals surface area (Å²) in [7, 11) is 1.47. The van der Waals surface area contributed by atoms with Crippen molar-refractivity contribution in [2.75, 3.05) is 19.0 Å². The molecule has 0 spiro atoms. The summed E-state index contributed by atoms with van der Waals surface area (Å²) in [5, 5.41) is 24.1. The molecule has 0 fully saturated rings. The molecular formula is C18H27N5O6. The third kappa shape index (κ3) is 10.2. The van der Waals surface area contributed by atoms with Crippen molar-refractivity contribution in [3.8, 4) is 0 Å². The van der Waals surface area contributed by atoms with Crippen molar-refractivity contribution < 1.29 is 29.3 Å². The highest BCUT2D eigenvalue weighted by atomic mass is 16.5. The Hall–Kier alpha value is -3.02. The van der Waals surface area contributed by atoms with Crippen LogP contribution in [0.15, 0.2) is 29.3 Å². The fourth-order valence-corrected chi connectivity index (χ4v) is 2.33. The maximum atomic E-state index is 11.9. The molecule has 0 bridgehead atoms. The largest absolute Gasteiger partial charge is 0.384 e. The van der Waals surface area contributed by atoms with Crippen molar-refractivity contribution in [3.63, 3.8) is 0 Å². The number of nitrogens with zero attached hydrogens (tertiary/aromatic N) is 1. The first kappa shape index (κ1) is 24.0. The maximum absolute atomic E-state index is 11.9. The zero-order chi connectivity index (χ0) is 21.8. The van der Waals surface area contributed by atoms with Crippen molar-refractivity contribution in [3.05, 3.63) is 29.8 Å². The molecule has 0 aliphatic heterocycles. The zero-order valence-corrected chi connectivity index (χ0v) is 16.1. The number of guanidine groups is 1. The number of benzene rings is 1. The van der Waals surface area contributed by atoms with Crippen LogP contribution in [0.4, 0.5) is 5.69 Å².